The standard InChI is InChI=1S/C17H21N3O/c1-4-18-16-15(10-7-11-19-16)17(21)20(5-2)14-9-6-8-13(3)12-14/h6-12H,4-5H2,1-3H3,(H,18,19). The smallest absolute Gasteiger partial charge is 0.262 e. The van der Waals surface area contributed by atoms with Crippen molar-refractivity contribution in [1.82, 2.24) is 4.98 Å². The molecular weight excluding hydrogens is 262 g/mol. The number of amides is 1. The molecule has 0 aliphatic rings. The molecule has 1 aromatic heterocycles. The molecule has 2 aromatic rings. The van der Waals surface area contributed by atoms with Gasteiger partial charge < -0.3 is 10.2 Å². The summed E-state index contributed by atoms with van der Waals surface area (Å²) in [5.41, 5.74) is 2.65. The summed E-state index contributed by atoms with van der Waals surface area (Å²) >= 11 is 0. The third-order valence-electron chi connectivity index (χ3n) is 3.26. The molecule has 1 N–H and O–H groups in total. The number of nitrogens with one attached hydrogen (secondary N) is 1. The van der Waals surface area contributed by atoms with Crippen molar-refractivity contribution >= 4 is 17.4 Å². The maximum Gasteiger partial charge on any atom is 0.262 e. The number of rotatable bonds is 5. The van der Waals surface area contributed by atoms with Crippen molar-refractivity contribution in [3.8, 4) is 0 Å². The van der Waals surface area contributed by atoms with Gasteiger partial charge in [0.2, 0.25) is 0 Å². The van der Waals surface area contributed by atoms with E-state index in [0.717, 1.165) is 17.8 Å². The first-order valence-electron chi connectivity index (χ1n) is 7.24. The van der Waals surface area contributed by atoms with Crippen molar-refractivity contribution in [2.24, 2.45) is 0 Å². The lowest BCUT2D eigenvalue weighted by Crippen LogP contribution is -2.31. The Kier molecular flexibility index (Phi) is 4.93. The minimum absolute atomic E-state index is 0.0350. The number of anilines is 2. The van der Waals surface area contributed by atoms with E-state index in [9.17, 15) is 4.79 Å². The second kappa shape index (κ2) is 6.88. The molecule has 0 saturated heterocycles. The van der Waals surface area contributed by atoms with Gasteiger partial charge in [0.1, 0.15) is 5.82 Å². The molecule has 1 heterocycles. The molecule has 1 amide bonds. The van der Waals surface area contributed by atoms with Gasteiger partial charge in [-0.1, -0.05) is 12.1 Å². The zero-order valence-corrected chi connectivity index (χ0v) is 12.8. The molecule has 0 saturated carbocycles. The van der Waals surface area contributed by atoms with Crippen LogP contribution in [0.5, 0.6) is 0 Å². The van der Waals surface area contributed by atoms with Gasteiger partial charge in [-0.05, 0) is 50.6 Å². The van der Waals surface area contributed by atoms with Gasteiger partial charge >= 0.3 is 0 Å². The zero-order valence-electron chi connectivity index (χ0n) is 12.8. The van der Waals surface area contributed by atoms with Crippen molar-refractivity contribution in [3.05, 3.63) is 53.7 Å². The highest BCUT2D eigenvalue weighted by molar-refractivity contribution is 6.09. The molecule has 0 unspecified atom stereocenters. The molecule has 21 heavy (non-hydrogen) atoms. The van der Waals surface area contributed by atoms with E-state index in [1.165, 1.54) is 0 Å². The molecule has 4 nitrogen and oxygen atoms in total. The fraction of sp³-hybridized carbons (Fsp3) is 0.294. The molecular formula is C17H21N3O. The van der Waals surface area contributed by atoms with Crippen LogP contribution in [0.2, 0.25) is 0 Å². The number of aryl methyl sites for hydroxylation is 1. The van der Waals surface area contributed by atoms with E-state index in [-0.39, 0.29) is 5.91 Å². The Hall–Kier alpha value is -2.36. The molecule has 0 bridgehead atoms. The summed E-state index contributed by atoms with van der Waals surface area (Å²) in [6, 6.07) is 11.6. The van der Waals surface area contributed by atoms with Gasteiger partial charge in [-0.15, -0.1) is 0 Å². The second-order valence-electron chi connectivity index (χ2n) is 4.82. The largest absolute Gasteiger partial charge is 0.370 e. The predicted octanol–water partition coefficient (Wildman–Crippen LogP) is 3.49. The lowest BCUT2D eigenvalue weighted by Gasteiger charge is -2.22. The number of hydrogen-bond acceptors (Lipinski definition) is 3. The molecule has 4 heteroatoms. The molecule has 0 fully saturated rings. The van der Waals surface area contributed by atoms with Gasteiger partial charge in [0, 0.05) is 25.0 Å². The summed E-state index contributed by atoms with van der Waals surface area (Å²) in [6.07, 6.45) is 1.69. The van der Waals surface area contributed by atoms with Gasteiger partial charge in [-0.3, -0.25) is 4.79 Å². The van der Waals surface area contributed by atoms with Crippen LogP contribution < -0.4 is 10.2 Å². The van der Waals surface area contributed by atoms with Crippen molar-refractivity contribution < 1.29 is 4.79 Å². The second-order valence-corrected chi connectivity index (χ2v) is 4.82. The van der Waals surface area contributed by atoms with E-state index in [2.05, 4.69) is 10.3 Å². The monoisotopic (exact) mass is 283 g/mol. The van der Waals surface area contributed by atoms with Crippen LogP contribution >= 0.6 is 0 Å². The number of hydrogen-bond donors (Lipinski definition) is 1. The Bertz CT molecular complexity index is 625. The lowest BCUT2D eigenvalue weighted by molar-refractivity contribution is 0.0989. The fourth-order valence-electron chi connectivity index (χ4n) is 2.27. The van der Waals surface area contributed by atoms with E-state index in [1.54, 1.807) is 17.2 Å². The Morgan fingerprint density at radius 2 is 2.05 bits per heavy atom. The molecule has 1 aromatic carbocycles. The van der Waals surface area contributed by atoms with Crippen LogP contribution in [0.25, 0.3) is 0 Å². The minimum Gasteiger partial charge on any atom is -0.370 e. The zero-order chi connectivity index (χ0) is 15.2. The summed E-state index contributed by atoms with van der Waals surface area (Å²) in [4.78, 5) is 18.9. The highest BCUT2D eigenvalue weighted by atomic mass is 16.2. The van der Waals surface area contributed by atoms with Gasteiger partial charge in [0.25, 0.3) is 5.91 Å². The molecule has 0 atom stereocenters. The van der Waals surface area contributed by atoms with Gasteiger partial charge in [0.15, 0.2) is 0 Å². The van der Waals surface area contributed by atoms with Gasteiger partial charge in [-0.2, -0.15) is 0 Å². The SMILES string of the molecule is CCNc1ncccc1C(=O)N(CC)c1cccc(C)c1. The van der Waals surface area contributed by atoms with Crippen LogP contribution in [0, 0.1) is 6.92 Å². The van der Waals surface area contributed by atoms with Crippen LogP contribution in [0.1, 0.15) is 29.8 Å². The molecule has 0 aliphatic carbocycles. The summed E-state index contributed by atoms with van der Waals surface area (Å²) in [5.74, 6) is 0.600. The van der Waals surface area contributed by atoms with Crippen molar-refractivity contribution in [1.29, 1.82) is 0 Å². The van der Waals surface area contributed by atoms with Crippen LogP contribution in [0.4, 0.5) is 11.5 Å². The Morgan fingerprint density at radius 3 is 2.71 bits per heavy atom. The van der Waals surface area contributed by atoms with Crippen molar-refractivity contribution in [2.75, 3.05) is 23.3 Å². The van der Waals surface area contributed by atoms with E-state index >= 15 is 0 Å². The lowest BCUT2D eigenvalue weighted by atomic mass is 10.1. The topological polar surface area (TPSA) is 45.2 Å². The average molecular weight is 283 g/mol. The first-order valence-corrected chi connectivity index (χ1v) is 7.24. The molecule has 2 rings (SSSR count). The quantitative estimate of drug-likeness (QED) is 0.913. The Morgan fingerprint density at radius 1 is 1.24 bits per heavy atom. The maximum atomic E-state index is 12.8. The highest BCUT2D eigenvalue weighted by Crippen LogP contribution is 2.21. The predicted molar refractivity (Wildman–Crippen MR) is 86.9 cm³/mol. The van der Waals surface area contributed by atoms with Crippen LogP contribution in [0.3, 0.4) is 0 Å². The first-order chi connectivity index (χ1) is 10.2. The van der Waals surface area contributed by atoms with Gasteiger partial charge in [0.05, 0.1) is 5.56 Å². The minimum atomic E-state index is -0.0350. The van der Waals surface area contributed by atoms with E-state index in [0.29, 0.717) is 17.9 Å². The fourth-order valence-corrected chi connectivity index (χ4v) is 2.27. The van der Waals surface area contributed by atoms with Gasteiger partial charge in [-0.25, -0.2) is 4.98 Å². The van der Waals surface area contributed by atoms with Crippen LogP contribution in [0.15, 0.2) is 42.6 Å². The average Bonchev–Trinajstić information content (AvgIpc) is 2.49. The summed E-state index contributed by atoms with van der Waals surface area (Å²) in [5, 5.41) is 3.14. The molecule has 0 spiro atoms. The molecule has 110 valence electrons. The number of benzene rings is 1. The number of pyridine rings is 1. The maximum absolute atomic E-state index is 12.8. The number of nitrogens with zero attached hydrogens (tertiary/aromatic N) is 2. The third kappa shape index (κ3) is 3.40. The summed E-state index contributed by atoms with van der Waals surface area (Å²) < 4.78 is 0. The first kappa shape index (κ1) is 15.0. The Labute approximate surface area is 125 Å². The highest BCUT2D eigenvalue weighted by Gasteiger charge is 2.19. The normalized spacial score (nSPS) is 10.2. The van der Waals surface area contributed by atoms with Crippen molar-refractivity contribution in [2.45, 2.75) is 20.8 Å². The number of carbonyl (C=O) groups excluding carboxylic acids is 1. The van der Waals surface area contributed by atoms with E-state index in [1.807, 2.05) is 51.1 Å². The Balaban J connectivity index is 2.37. The molecule has 0 aliphatic heterocycles. The number of aromatic nitrogens is 1. The van der Waals surface area contributed by atoms with E-state index < -0.39 is 0 Å². The number of carbonyl (C=O) groups is 1. The van der Waals surface area contributed by atoms with E-state index in [4.69, 9.17) is 0 Å². The van der Waals surface area contributed by atoms with Crippen LogP contribution in [-0.4, -0.2) is 24.0 Å². The molecule has 0 radical (unpaired) electrons. The van der Waals surface area contributed by atoms with Crippen molar-refractivity contribution in [3.63, 3.8) is 0 Å². The summed E-state index contributed by atoms with van der Waals surface area (Å²) in [7, 11) is 0. The third-order valence-corrected chi connectivity index (χ3v) is 3.26. The summed E-state index contributed by atoms with van der Waals surface area (Å²) in [6.45, 7) is 7.33. The van der Waals surface area contributed by atoms with Crippen LogP contribution in [-0.2, 0) is 0 Å².